The van der Waals surface area contributed by atoms with Crippen molar-refractivity contribution < 1.29 is 23.0 Å². The van der Waals surface area contributed by atoms with Gasteiger partial charge >= 0.3 is 12.6 Å². The molecule has 0 unspecified atom stereocenters. The molecule has 3 aromatic heterocycles. The Labute approximate surface area is 161 Å². The van der Waals surface area contributed by atoms with Gasteiger partial charge in [0.2, 0.25) is 0 Å². The highest BCUT2D eigenvalue weighted by Gasteiger charge is 2.22. The highest BCUT2D eigenvalue weighted by molar-refractivity contribution is 7.20. The van der Waals surface area contributed by atoms with Crippen molar-refractivity contribution in [2.45, 2.75) is 20.5 Å². The number of carbonyl (C=O) groups is 1. The Morgan fingerprint density at radius 3 is 2.86 bits per heavy atom. The second kappa shape index (κ2) is 7.12. The Balaban J connectivity index is 1.89. The Hall–Kier alpha value is -3.14. The Kier molecular flexibility index (Phi) is 4.63. The number of hydrogen-bond donors (Lipinski definition) is 0. The van der Waals surface area contributed by atoms with E-state index < -0.39 is 12.6 Å². The van der Waals surface area contributed by atoms with Gasteiger partial charge in [0.05, 0.1) is 17.6 Å². The fourth-order valence-corrected chi connectivity index (χ4v) is 3.93. The van der Waals surface area contributed by atoms with Crippen LogP contribution in [0.3, 0.4) is 0 Å². The molecule has 0 saturated carbocycles. The first kappa shape index (κ1) is 18.2. The van der Waals surface area contributed by atoms with Gasteiger partial charge in [-0.3, -0.25) is 0 Å². The van der Waals surface area contributed by atoms with Crippen molar-refractivity contribution >= 4 is 33.2 Å². The molecule has 144 valence electrons. The predicted molar refractivity (Wildman–Crippen MR) is 98.9 cm³/mol. The summed E-state index contributed by atoms with van der Waals surface area (Å²) in [4.78, 5) is 22.1. The van der Waals surface area contributed by atoms with Gasteiger partial charge in [0.25, 0.3) is 0 Å². The Morgan fingerprint density at radius 2 is 2.11 bits per heavy atom. The largest absolute Gasteiger partial charge is 0.462 e. The summed E-state index contributed by atoms with van der Waals surface area (Å²) >= 11 is 1.21. The molecule has 4 aromatic rings. The number of aromatic nitrogens is 4. The molecule has 0 bridgehead atoms. The molecule has 0 aliphatic rings. The van der Waals surface area contributed by atoms with E-state index in [9.17, 15) is 13.6 Å². The zero-order chi connectivity index (χ0) is 19.8. The van der Waals surface area contributed by atoms with Gasteiger partial charge in [-0.1, -0.05) is 12.1 Å². The first-order valence-electron chi connectivity index (χ1n) is 8.35. The molecule has 0 radical (unpaired) electrons. The number of ether oxygens (including phenoxy) is 2. The van der Waals surface area contributed by atoms with E-state index in [0.29, 0.717) is 31.9 Å². The van der Waals surface area contributed by atoms with Crippen molar-refractivity contribution in [1.29, 1.82) is 0 Å². The van der Waals surface area contributed by atoms with Crippen molar-refractivity contribution in [3.05, 3.63) is 41.0 Å². The first-order chi connectivity index (χ1) is 13.5. The van der Waals surface area contributed by atoms with Crippen LogP contribution in [0.25, 0.3) is 27.3 Å². The van der Waals surface area contributed by atoms with E-state index in [1.165, 1.54) is 28.2 Å². The van der Waals surface area contributed by atoms with Crippen LogP contribution in [0.15, 0.2) is 30.6 Å². The summed E-state index contributed by atoms with van der Waals surface area (Å²) in [6, 6.07) is 6.30. The van der Waals surface area contributed by atoms with Crippen LogP contribution in [0.5, 0.6) is 5.75 Å². The van der Waals surface area contributed by atoms with Crippen LogP contribution in [0.4, 0.5) is 8.78 Å². The zero-order valence-electron chi connectivity index (χ0n) is 14.8. The summed E-state index contributed by atoms with van der Waals surface area (Å²) in [6.07, 6.45) is 1.47. The summed E-state index contributed by atoms with van der Waals surface area (Å²) in [6.45, 7) is 0.832. The standard InChI is InChI=1S/C18H14F2N4O3S/c1-3-26-17(25)13-9(2)12-15-22-14(23-24(15)8-21-16(12)28-13)10-6-4-5-7-11(10)27-18(19)20/h4-8,18H,3H2,1-2H3. The lowest BCUT2D eigenvalue weighted by molar-refractivity contribution is -0.0494. The number of para-hydroxylation sites is 1. The highest BCUT2D eigenvalue weighted by Crippen LogP contribution is 2.34. The van der Waals surface area contributed by atoms with E-state index in [4.69, 9.17) is 4.74 Å². The molecule has 0 amide bonds. The average molecular weight is 404 g/mol. The van der Waals surface area contributed by atoms with Gasteiger partial charge in [0.1, 0.15) is 21.8 Å². The molecule has 3 heterocycles. The minimum atomic E-state index is -2.96. The number of aryl methyl sites for hydroxylation is 1. The minimum absolute atomic E-state index is 0.0214. The van der Waals surface area contributed by atoms with Gasteiger partial charge in [-0.05, 0) is 31.5 Å². The number of alkyl halides is 2. The number of esters is 1. The van der Waals surface area contributed by atoms with Crippen LogP contribution < -0.4 is 4.74 Å². The maximum atomic E-state index is 12.7. The monoisotopic (exact) mass is 404 g/mol. The fraction of sp³-hybridized carbons (Fsp3) is 0.222. The minimum Gasteiger partial charge on any atom is -0.462 e. The number of halogens is 2. The number of fused-ring (bicyclic) bond motifs is 3. The zero-order valence-corrected chi connectivity index (χ0v) is 15.7. The summed E-state index contributed by atoms with van der Waals surface area (Å²) in [5.74, 6) is -0.225. The second-order valence-electron chi connectivity index (χ2n) is 5.78. The van der Waals surface area contributed by atoms with Gasteiger partial charge < -0.3 is 9.47 Å². The molecular weight excluding hydrogens is 390 g/mol. The summed E-state index contributed by atoms with van der Waals surface area (Å²) in [7, 11) is 0. The number of thiophene rings is 1. The molecule has 4 rings (SSSR count). The maximum absolute atomic E-state index is 12.7. The smallest absolute Gasteiger partial charge is 0.387 e. The number of hydrogen-bond acceptors (Lipinski definition) is 7. The van der Waals surface area contributed by atoms with Crippen molar-refractivity contribution in [3.8, 4) is 17.1 Å². The van der Waals surface area contributed by atoms with E-state index >= 15 is 0 Å². The Morgan fingerprint density at radius 1 is 1.32 bits per heavy atom. The Bertz CT molecular complexity index is 1190. The third-order valence-electron chi connectivity index (χ3n) is 4.07. The van der Waals surface area contributed by atoms with Crippen LogP contribution in [0.1, 0.15) is 22.2 Å². The van der Waals surface area contributed by atoms with Crippen LogP contribution >= 0.6 is 11.3 Å². The van der Waals surface area contributed by atoms with Crippen LogP contribution in [-0.2, 0) is 4.74 Å². The molecule has 0 saturated heterocycles. The van der Waals surface area contributed by atoms with Gasteiger partial charge in [-0.2, -0.15) is 8.78 Å². The highest BCUT2D eigenvalue weighted by atomic mass is 32.1. The summed E-state index contributed by atoms with van der Waals surface area (Å²) in [5, 5.41) is 5.01. The topological polar surface area (TPSA) is 78.6 Å². The molecule has 0 aliphatic heterocycles. The SMILES string of the molecule is CCOC(=O)c1sc2ncn3nc(-c4ccccc4OC(F)F)nc3c2c1C. The maximum Gasteiger partial charge on any atom is 0.387 e. The van der Waals surface area contributed by atoms with Crippen molar-refractivity contribution in [3.63, 3.8) is 0 Å². The van der Waals surface area contributed by atoms with Crippen molar-refractivity contribution in [2.24, 2.45) is 0 Å². The lowest BCUT2D eigenvalue weighted by Gasteiger charge is -2.07. The molecule has 28 heavy (non-hydrogen) atoms. The number of nitrogens with zero attached hydrogens (tertiary/aromatic N) is 4. The molecule has 0 aliphatic carbocycles. The molecule has 10 heteroatoms. The van der Waals surface area contributed by atoms with Gasteiger partial charge in [-0.25, -0.2) is 19.3 Å². The third kappa shape index (κ3) is 3.05. The lowest BCUT2D eigenvalue weighted by Crippen LogP contribution is -2.03. The van der Waals surface area contributed by atoms with E-state index in [0.717, 1.165) is 0 Å². The van der Waals surface area contributed by atoms with Gasteiger partial charge in [0, 0.05) is 0 Å². The van der Waals surface area contributed by atoms with Crippen LogP contribution in [0.2, 0.25) is 0 Å². The second-order valence-corrected chi connectivity index (χ2v) is 6.78. The predicted octanol–water partition coefficient (Wildman–Crippen LogP) is 4.09. The molecule has 7 nitrogen and oxygen atoms in total. The summed E-state index contributed by atoms with van der Waals surface area (Å²) in [5.41, 5.74) is 1.49. The normalized spacial score (nSPS) is 11.5. The number of carbonyl (C=O) groups excluding carboxylic acids is 1. The third-order valence-corrected chi connectivity index (χ3v) is 5.25. The van der Waals surface area contributed by atoms with Crippen molar-refractivity contribution in [1.82, 2.24) is 19.6 Å². The molecule has 0 atom stereocenters. The average Bonchev–Trinajstić information content (AvgIpc) is 3.23. The first-order valence-corrected chi connectivity index (χ1v) is 9.17. The van der Waals surface area contributed by atoms with E-state index in [1.807, 2.05) is 0 Å². The number of benzene rings is 1. The molecular formula is C18H14F2N4O3S. The molecule has 1 aromatic carbocycles. The lowest BCUT2D eigenvalue weighted by atomic mass is 10.2. The van der Waals surface area contributed by atoms with Gasteiger partial charge in [-0.15, -0.1) is 16.4 Å². The fourth-order valence-electron chi connectivity index (χ4n) is 2.89. The molecule has 0 N–H and O–H groups in total. The van der Waals surface area contributed by atoms with E-state index in [1.54, 1.807) is 32.0 Å². The quantitative estimate of drug-likeness (QED) is 0.466. The van der Waals surface area contributed by atoms with Crippen LogP contribution in [-0.4, -0.2) is 38.8 Å². The number of rotatable bonds is 5. The van der Waals surface area contributed by atoms with Crippen LogP contribution in [0, 0.1) is 6.92 Å². The molecule has 0 spiro atoms. The van der Waals surface area contributed by atoms with E-state index in [2.05, 4.69) is 19.8 Å². The van der Waals surface area contributed by atoms with E-state index in [-0.39, 0.29) is 18.2 Å². The van der Waals surface area contributed by atoms with Gasteiger partial charge in [0.15, 0.2) is 11.5 Å². The van der Waals surface area contributed by atoms with Crippen molar-refractivity contribution in [2.75, 3.05) is 6.61 Å². The summed E-state index contributed by atoms with van der Waals surface area (Å²) < 4.78 is 36.5. The molecule has 0 fully saturated rings.